The number of sulfone groups is 1. The second kappa shape index (κ2) is 6.10. The highest BCUT2D eigenvalue weighted by atomic mass is 32.2. The van der Waals surface area contributed by atoms with Crippen molar-refractivity contribution in [3.63, 3.8) is 0 Å². The van der Waals surface area contributed by atoms with Crippen LogP contribution in [-0.4, -0.2) is 33.3 Å². The molecule has 0 saturated carbocycles. The molecule has 0 atom stereocenters. The summed E-state index contributed by atoms with van der Waals surface area (Å²) in [6.45, 7) is -0.390. The van der Waals surface area contributed by atoms with Crippen LogP contribution in [0.1, 0.15) is 11.5 Å². The summed E-state index contributed by atoms with van der Waals surface area (Å²) in [5, 5.41) is 6.10. The summed E-state index contributed by atoms with van der Waals surface area (Å²) in [5.41, 5.74) is 0.0114. The van der Waals surface area contributed by atoms with E-state index in [2.05, 4.69) is 14.9 Å². The molecule has 0 amide bonds. The van der Waals surface area contributed by atoms with Crippen LogP contribution in [0, 0.1) is 5.82 Å². The van der Waals surface area contributed by atoms with Crippen LogP contribution in [0.25, 0.3) is 0 Å². The first-order valence-corrected chi connectivity index (χ1v) is 9.45. The van der Waals surface area contributed by atoms with E-state index in [-0.39, 0.29) is 18.0 Å². The van der Waals surface area contributed by atoms with Gasteiger partial charge >= 0.3 is 5.22 Å². The standard InChI is InChI=1S/C11H12FN3O5S2/c1-21(16,17)11-15-14-10(20-11)6-13-22(18,19)7-8-4-2-3-5-9(8)12/h2-5,13H,6-7H2,1H3. The summed E-state index contributed by atoms with van der Waals surface area (Å²) in [6, 6.07) is 5.47. The maximum absolute atomic E-state index is 13.4. The lowest BCUT2D eigenvalue weighted by atomic mass is 10.2. The van der Waals surface area contributed by atoms with Crippen molar-refractivity contribution in [2.24, 2.45) is 0 Å². The minimum absolute atomic E-state index is 0.0114. The Kier molecular flexibility index (Phi) is 4.58. The predicted octanol–water partition coefficient (Wildman–Crippen LogP) is 0.232. The first-order valence-electron chi connectivity index (χ1n) is 5.90. The van der Waals surface area contributed by atoms with Crippen molar-refractivity contribution >= 4 is 19.9 Å². The Bertz CT molecular complexity index is 877. The van der Waals surface area contributed by atoms with Gasteiger partial charge in [-0.15, -0.1) is 5.10 Å². The van der Waals surface area contributed by atoms with Crippen molar-refractivity contribution < 1.29 is 25.6 Å². The van der Waals surface area contributed by atoms with Gasteiger partial charge in [-0.2, -0.15) is 0 Å². The van der Waals surface area contributed by atoms with Gasteiger partial charge in [0.1, 0.15) is 5.82 Å². The number of nitrogens with zero attached hydrogens (tertiary/aromatic N) is 2. The van der Waals surface area contributed by atoms with E-state index in [1.165, 1.54) is 18.2 Å². The molecule has 0 unspecified atom stereocenters. The van der Waals surface area contributed by atoms with Crippen LogP contribution in [0.4, 0.5) is 4.39 Å². The van der Waals surface area contributed by atoms with Crippen LogP contribution in [-0.2, 0) is 32.2 Å². The van der Waals surface area contributed by atoms with Crippen molar-refractivity contribution in [1.29, 1.82) is 0 Å². The van der Waals surface area contributed by atoms with Gasteiger partial charge in [-0.3, -0.25) is 0 Å². The number of sulfonamides is 1. The average molecular weight is 349 g/mol. The minimum atomic E-state index is -3.85. The Morgan fingerprint density at radius 1 is 1.18 bits per heavy atom. The molecule has 1 heterocycles. The van der Waals surface area contributed by atoms with E-state index in [0.29, 0.717) is 0 Å². The Labute approximate surface area is 126 Å². The Balaban J connectivity index is 2.04. The molecule has 0 radical (unpaired) electrons. The maximum atomic E-state index is 13.4. The highest BCUT2D eigenvalue weighted by Crippen LogP contribution is 2.11. The van der Waals surface area contributed by atoms with E-state index < -0.39 is 36.7 Å². The molecule has 0 fully saturated rings. The summed E-state index contributed by atoms with van der Waals surface area (Å²) >= 11 is 0. The lowest BCUT2D eigenvalue weighted by molar-refractivity contribution is 0.394. The third kappa shape index (κ3) is 4.32. The number of hydrogen-bond donors (Lipinski definition) is 1. The van der Waals surface area contributed by atoms with Crippen LogP contribution in [0.15, 0.2) is 33.9 Å². The molecule has 2 aromatic rings. The maximum Gasteiger partial charge on any atom is 0.335 e. The monoisotopic (exact) mass is 349 g/mol. The summed E-state index contributed by atoms with van der Waals surface area (Å²) in [7, 11) is -7.51. The molecule has 0 bridgehead atoms. The van der Waals surface area contributed by atoms with Crippen LogP contribution in [0.3, 0.4) is 0 Å². The molecule has 22 heavy (non-hydrogen) atoms. The predicted molar refractivity (Wildman–Crippen MR) is 73.3 cm³/mol. The van der Waals surface area contributed by atoms with Gasteiger partial charge < -0.3 is 4.42 Å². The largest absolute Gasteiger partial charge is 0.411 e. The summed E-state index contributed by atoms with van der Waals surface area (Å²) in [5.74, 6) is -1.41. The number of benzene rings is 1. The second-order valence-electron chi connectivity index (χ2n) is 4.41. The fourth-order valence-electron chi connectivity index (χ4n) is 1.50. The first-order chi connectivity index (χ1) is 10.2. The van der Waals surface area contributed by atoms with Crippen LogP contribution in [0.5, 0.6) is 0 Å². The van der Waals surface area contributed by atoms with Gasteiger partial charge in [0, 0.05) is 11.8 Å². The topological polar surface area (TPSA) is 119 Å². The zero-order valence-electron chi connectivity index (χ0n) is 11.4. The van der Waals surface area contributed by atoms with Crippen LogP contribution in [0.2, 0.25) is 0 Å². The van der Waals surface area contributed by atoms with Gasteiger partial charge in [-0.1, -0.05) is 23.3 Å². The fourth-order valence-corrected chi connectivity index (χ4v) is 3.03. The number of aromatic nitrogens is 2. The van der Waals surface area contributed by atoms with E-state index in [9.17, 15) is 21.2 Å². The van der Waals surface area contributed by atoms with Gasteiger partial charge in [0.05, 0.1) is 12.3 Å². The first kappa shape index (κ1) is 16.5. The molecule has 1 N–H and O–H groups in total. The highest BCUT2D eigenvalue weighted by Gasteiger charge is 2.19. The van der Waals surface area contributed by atoms with E-state index in [1.54, 1.807) is 0 Å². The molecular weight excluding hydrogens is 337 g/mol. The van der Waals surface area contributed by atoms with Crippen molar-refractivity contribution in [2.75, 3.05) is 6.26 Å². The summed E-state index contributed by atoms with van der Waals surface area (Å²) < 4.78 is 66.3. The molecule has 1 aromatic heterocycles. The molecule has 1 aromatic carbocycles. The second-order valence-corrected chi connectivity index (χ2v) is 8.11. The Morgan fingerprint density at radius 3 is 2.45 bits per heavy atom. The zero-order valence-corrected chi connectivity index (χ0v) is 13.0. The average Bonchev–Trinajstić information content (AvgIpc) is 2.88. The van der Waals surface area contributed by atoms with E-state index >= 15 is 0 Å². The Morgan fingerprint density at radius 2 is 1.86 bits per heavy atom. The molecule has 11 heteroatoms. The van der Waals surface area contributed by atoms with Crippen molar-refractivity contribution in [1.82, 2.24) is 14.9 Å². The molecule has 120 valence electrons. The third-order valence-corrected chi connectivity index (χ3v) is 4.59. The summed E-state index contributed by atoms with van der Waals surface area (Å²) in [6.07, 6.45) is 0.882. The van der Waals surface area contributed by atoms with E-state index in [4.69, 9.17) is 4.42 Å². The quantitative estimate of drug-likeness (QED) is 0.793. The number of hydrogen-bond acceptors (Lipinski definition) is 7. The molecule has 0 spiro atoms. The molecule has 0 aliphatic carbocycles. The van der Waals surface area contributed by atoms with Crippen LogP contribution >= 0.6 is 0 Å². The van der Waals surface area contributed by atoms with Crippen LogP contribution < -0.4 is 4.72 Å². The molecule has 0 aliphatic rings. The SMILES string of the molecule is CS(=O)(=O)c1nnc(CNS(=O)(=O)Cc2ccccc2F)o1. The third-order valence-electron chi connectivity index (χ3n) is 2.51. The smallest absolute Gasteiger partial charge is 0.335 e. The molecule has 2 rings (SSSR count). The van der Waals surface area contributed by atoms with Gasteiger partial charge in [-0.25, -0.2) is 25.9 Å². The van der Waals surface area contributed by atoms with Gasteiger partial charge in [-0.05, 0) is 6.07 Å². The van der Waals surface area contributed by atoms with E-state index in [0.717, 1.165) is 12.3 Å². The van der Waals surface area contributed by atoms with Gasteiger partial charge in [0.15, 0.2) is 0 Å². The van der Waals surface area contributed by atoms with E-state index in [1.807, 2.05) is 0 Å². The van der Waals surface area contributed by atoms with Gasteiger partial charge in [0.2, 0.25) is 25.8 Å². The lowest BCUT2D eigenvalue weighted by Gasteiger charge is -2.05. The van der Waals surface area contributed by atoms with Crippen molar-refractivity contribution in [3.05, 3.63) is 41.5 Å². The number of rotatable bonds is 6. The normalized spacial score (nSPS) is 12.5. The van der Waals surface area contributed by atoms with Crippen molar-refractivity contribution in [2.45, 2.75) is 17.5 Å². The minimum Gasteiger partial charge on any atom is -0.411 e. The highest BCUT2D eigenvalue weighted by molar-refractivity contribution is 7.90. The molecule has 0 aliphatic heterocycles. The Hall–Kier alpha value is -1.85. The van der Waals surface area contributed by atoms with Gasteiger partial charge in [0.25, 0.3) is 0 Å². The number of nitrogens with one attached hydrogen (secondary N) is 1. The summed E-state index contributed by atoms with van der Waals surface area (Å²) in [4.78, 5) is 0. The number of halogens is 1. The fraction of sp³-hybridized carbons (Fsp3) is 0.273. The molecular formula is C11H12FN3O5S2. The molecule has 8 nitrogen and oxygen atoms in total. The van der Waals surface area contributed by atoms with Crippen molar-refractivity contribution in [3.8, 4) is 0 Å². The lowest BCUT2D eigenvalue weighted by Crippen LogP contribution is -2.25. The molecule has 0 saturated heterocycles. The zero-order chi connectivity index (χ0) is 16.4.